The number of rotatable bonds is 5. The van der Waals surface area contributed by atoms with Gasteiger partial charge in [0, 0.05) is 6.04 Å². The van der Waals surface area contributed by atoms with E-state index in [1.54, 1.807) is 6.92 Å². The number of hydrogen-bond acceptors (Lipinski definition) is 3. The highest BCUT2D eigenvalue weighted by Crippen LogP contribution is 2.33. The molecule has 0 spiro atoms. The molecule has 0 unspecified atom stereocenters. The van der Waals surface area contributed by atoms with Gasteiger partial charge in [-0.1, -0.05) is 21.8 Å². The molecule has 2 rings (SSSR count). The van der Waals surface area contributed by atoms with E-state index in [4.69, 9.17) is 87.9 Å². The Labute approximate surface area is 162 Å². The molecule has 20 radical (unpaired) electrons. The lowest BCUT2D eigenvalue weighted by Gasteiger charge is -2.45. The lowest BCUT2D eigenvalue weighted by molar-refractivity contribution is 0.0844. The molecule has 1 aromatic rings. The van der Waals surface area contributed by atoms with E-state index in [0.717, 1.165) is 0 Å². The Bertz CT molecular complexity index is 688. The molecule has 0 aliphatic carbocycles. The van der Waals surface area contributed by atoms with Crippen molar-refractivity contribution < 1.29 is 9.47 Å². The Balaban J connectivity index is 2.32. The molecule has 1 aliphatic rings. The van der Waals surface area contributed by atoms with Crippen LogP contribution < -0.4 is 31.2 Å². The standard InChI is InChI=1S/C12H7B10NO2/c1-3(23-11(19,20)10(16,17)18)2-4-5(13)7(15)9-8(6(4)14)24-12(21,22)25-9/h3,23H,2H2,1H3/t3-/m0/s1. The van der Waals surface area contributed by atoms with Gasteiger partial charge in [-0.05, 0) is 18.8 Å². The highest BCUT2D eigenvalue weighted by molar-refractivity contribution is 6.67. The highest BCUT2D eigenvalue weighted by atomic mass is 16.7. The van der Waals surface area contributed by atoms with Crippen LogP contribution in [0.1, 0.15) is 12.5 Å². The van der Waals surface area contributed by atoms with E-state index in [2.05, 4.69) is 5.32 Å². The van der Waals surface area contributed by atoms with E-state index in [0.29, 0.717) is 5.56 Å². The molecule has 13 heteroatoms. The predicted octanol–water partition coefficient (Wildman–Crippen LogP) is -5.12. The van der Waals surface area contributed by atoms with Crippen molar-refractivity contribution in [2.75, 3.05) is 0 Å². The van der Waals surface area contributed by atoms with Gasteiger partial charge in [0.1, 0.15) is 23.5 Å². The third-order valence-corrected chi connectivity index (χ3v) is 3.87. The number of fused-ring (bicyclic) bond motifs is 1. The Kier molecular flexibility index (Phi) is 5.43. The Morgan fingerprint density at radius 3 is 1.88 bits per heavy atom. The van der Waals surface area contributed by atoms with Crippen LogP contribution in [0.2, 0.25) is 5.11 Å². The maximum atomic E-state index is 6.11. The first-order valence-electron chi connectivity index (χ1n) is 7.33. The summed E-state index contributed by atoms with van der Waals surface area (Å²) in [5, 5.41) is -0.823. The third kappa shape index (κ3) is 4.07. The minimum atomic E-state index is -1.89. The first-order valence-corrected chi connectivity index (χ1v) is 7.33. The summed E-state index contributed by atoms with van der Waals surface area (Å²) >= 11 is 0. The summed E-state index contributed by atoms with van der Waals surface area (Å²) < 4.78 is 10.5. The average Bonchev–Trinajstić information content (AvgIpc) is 2.75. The number of ether oxygens (including phenoxy) is 2. The van der Waals surface area contributed by atoms with Crippen LogP contribution in [-0.2, 0) is 6.42 Å². The summed E-state index contributed by atoms with van der Waals surface area (Å²) in [4.78, 5) is 0. The smallest absolute Gasteiger partial charge is 0.175 e. The van der Waals surface area contributed by atoms with Crippen LogP contribution in [0.15, 0.2) is 0 Å². The summed E-state index contributed by atoms with van der Waals surface area (Å²) in [6.07, 6.45) is 0.243. The molecular formula is C12H7B10NO2. The van der Waals surface area contributed by atoms with E-state index in [1.807, 2.05) is 0 Å². The monoisotopic (exact) mass is 307 g/mol. The molecule has 1 aliphatic heterocycles. The zero-order chi connectivity index (χ0) is 19.4. The molecule has 0 saturated carbocycles. The second-order valence-electron chi connectivity index (χ2n) is 6.35. The Morgan fingerprint density at radius 2 is 1.40 bits per heavy atom. The van der Waals surface area contributed by atoms with Gasteiger partial charge in [0.25, 0.3) is 0 Å². The Hall–Kier alpha value is -0.571. The van der Waals surface area contributed by atoms with Gasteiger partial charge in [-0.25, -0.2) is 0 Å². The van der Waals surface area contributed by atoms with Crippen LogP contribution in [0.3, 0.4) is 0 Å². The molecular weight excluding hydrogens is 298 g/mol. The first-order chi connectivity index (χ1) is 11.2. The number of hydrogen-bond donors (Lipinski definition) is 1. The summed E-state index contributed by atoms with van der Waals surface area (Å²) in [6.45, 7) is 1.75. The van der Waals surface area contributed by atoms with Gasteiger partial charge < -0.3 is 14.8 Å². The van der Waals surface area contributed by atoms with E-state index < -0.39 is 22.1 Å². The average molecular weight is 305 g/mol. The molecule has 25 heavy (non-hydrogen) atoms. The zero-order valence-electron chi connectivity index (χ0n) is 13.9. The van der Waals surface area contributed by atoms with Crippen molar-refractivity contribution in [3.05, 3.63) is 5.56 Å². The van der Waals surface area contributed by atoms with Crippen LogP contribution in [0, 0.1) is 0 Å². The largest absolute Gasteiger partial charge is 0.469 e. The van der Waals surface area contributed by atoms with Gasteiger partial charge in [0.15, 0.2) is 32.8 Å². The van der Waals surface area contributed by atoms with Crippen molar-refractivity contribution in [1.29, 1.82) is 0 Å². The third-order valence-electron chi connectivity index (χ3n) is 3.87. The van der Waals surface area contributed by atoms with Crippen molar-refractivity contribution in [2.45, 2.75) is 35.4 Å². The molecule has 0 fully saturated rings. The fourth-order valence-electron chi connectivity index (χ4n) is 2.46. The van der Waals surface area contributed by atoms with E-state index >= 15 is 0 Å². The SMILES string of the molecule is [B]c1c([B])c2c(c([B])c1C[C@H](C)NC([B])([B])C([B])([B])[B])OC([B])([B])O2. The maximum Gasteiger partial charge on any atom is 0.175 e. The molecule has 3 nitrogen and oxygen atoms in total. The number of benzene rings is 1. The molecule has 0 saturated heterocycles. The minimum absolute atomic E-state index is 0.0845. The molecule has 1 N–H and O–H groups in total. The summed E-state index contributed by atoms with van der Waals surface area (Å²) in [5.41, 5.74) is -0.967. The summed E-state index contributed by atoms with van der Waals surface area (Å²) in [5.74, 6) is 0.192. The molecule has 0 amide bonds. The van der Waals surface area contributed by atoms with Crippen LogP contribution in [0.5, 0.6) is 11.5 Å². The quantitative estimate of drug-likeness (QED) is 0.552. The second kappa shape index (κ2) is 6.55. The normalized spacial score (nSPS) is 17.3. The van der Waals surface area contributed by atoms with Gasteiger partial charge in [0.2, 0.25) is 0 Å². The van der Waals surface area contributed by atoms with Gasteiger partial charge in [0.05, 0.1) is 39.2 Å². The minimum Gasteiger partial charge on any atom is -0.469 e. The van der Waals surface area contributed by atoms with E-state index in [9.17, 15) is 0 Å². The molecule has 1 aromatic carbocycles. The van der Waals surface area contributed by atoms with Crippen molar-refractivity contribution in [3.63, 3.8) is 0 Å². The second-order valence-corrected chi connectivity index (χ2v) is 6.35. The van der Waals surface area contributed by atoms with Crippen molar-refractivity contribution in [3.8, 4) is 11.5 Å². The van der Waals surface area contributed by atoms with Gasteiger partial charge in [-0.3, -0.25) is 0 Å². The lowest BCUT2D eigenvalue weighted by atomic mass is 9.26. The van der Waals surface area contributed by atoms with Crippen LogP contribution in [0.4, 0.5) is 0 Å². The van der Waals surface area contributed by atoms with Gasteiger partial charge >= 0.3 is 0 Å². The van der Waals surface area contributed by atoms with Crippen molar-refractivity contribution >= 4 is 94.9 Å². The fourth-order valence-corrected chi connectivity index (χ4v) is 2.46. The summed E-state index contributed by atoms with van der Waals surface area (Å²) in [6, 6.07) is -0.394. The summed E-state index contributed by atoms with van der Waals surface area (Å²) in [7, 11) is 57.6. The van der Waals surface area contributed by atoms with Gasteiger partial charge in [-0.15, -0.1) is 5.11 Å². The highest BCUT2D eigenvalue weighted by Gasteiger charge is 2.35. The molecule has 1 heterocycles. The Morgan fingerprint density at radius 1 is 0.920 bits per heavy atom. The number of nitrogens with one attached hydrogen (secondary N) is 1. The topological polar surface area (TPSA) is 30.5 Å². The van der Waals surface area contributed by atoms with E-state index in [1.165, 1.54) is 0 Å². The van der Waals surface area contributed by atoms with Crippen LogP contribution in [-0.4, -0.2) is 95.4 Å². The van der Waals surface area contributed by atoms with Crippen LogP contribution in [0.25, 0.3) is 0 Å². The zero-order valence-corrected chi connectivity index (χ0v) is 13.9. The predicted molar refractivity (Wildman–Crippen MR) is 109 cm³/mol. The van der Waals surface area contributed by atoms with Gasteiger partial charge in [-0.2, -0.15) is 0 Å². The molecule has 102 valence electrons. The lowest BCUT2D eigenvalue weighted by Crippen LogP contribution is -2.60. The van der Waals surface area contributed by atoms with Crippen molar-refractivity contribution in [1.82, 2.24) is 5.32 Å². The fraction of sp³-hybridized carbons (Fsp3) is 0.500. The maximum absolute atomic E-state index is 6.11. The first kappa shape index (κ1) is 20.7. The molecule has 0 bridgehead atoms. The molecule has 1 atom stereocenters. The van der Waals surface area contributed by atoms with Crippen molar-refractivity contribution in [2.24, 2.45) is 0 Å². The van der Waals surface area contributed by atoms with E-state index in [-0.39, 0.29) is 34.3 Å². The van der Waals surface area contributed by atoms with Crippen LogP contribution >= 0.6 is 0 Å². The molecule has 0 aromatic heterocycles.